The lowest BCUT2D eigenvalue weighted by Crippen LogP contribution is -2.23. The van der Waals surface area contributed by atoms with Crippen LogP contribution in [0.25, 0.3) is 45.8 Å². The molecule has 188 valence electrons. The molecule has 0 unspecified atom stereocenters. The van der Waals surface area contributed by atoms with E-state index in [-0.39, 0.29) is 0 Å². The van der Waals surface area contributed by atoms with E-state index >= 15 is 0 Å². The van der Waals surface area contributed by atoms with Crippen LogP contribution in [-0.2, 0) is 6.42 Å². The van der Waals surface area contributed by atoms with Crippen molar-refractivity contribution in [3.8, 4) is 17.2 Å². The van der Waals surface area contributed by atoms with Gasteiger partial charge in [0.25, 0.3) is 0 Å². The van der Waals surface area contributed by atoms with E-state index < -0.39 is 0 Å². The molecule has 0 bridgehead atoms. The summed E-state index contributed by atoms with van der Waals surface area (Å²) in [7, 11) is 4.19. The molecule has 8 heteroatoms. The number of rotatable bonds is 8. The second-order valence-corrected chi connectivity index (χ2v) is 9.55. The van der Waals surface area contributed by atoms with Crippen LogP contribution in [0.1, 0.15) is 30.2 Å². The van der Waals surface area contributed by atoms with Crippen LogP contribution in [0, 0.1) is 6.92 Å². The number of nitrogens with zero attached hydrogens (tertiary/aromatic N) is 6. The van der Waals surface area contributed by atoms with Crippen molar-refractivity contribution in [1.82, 2.24) is 39.6 Å². The molecule has 37 heavy (non-hydrogen) atoms. The average molecular weight is 493 g/mol. The first-order chi connectivity index (χ1) is 17.9. The van der Waals surface area contributed by atoms with E-state index in [1.807, 2.05) is 49.1 Å². The van der Waals surface area contributed by atoms with Crippen LogP contribution < -0.4 is 10.6 Å². The Labute approximate surface area is 216 Å². The third-order valence-corrected chi connectivity index (χ3v) is 6.42. The van der Waals surface area contributed by atoms with Crippen LogP contribution in [-0.4, -0.2) is 60.2 Å². The van der Waals surface area contributed by atoms with Gasteiger partial charge >= 0.3 is 0 Å². The van der Waals surface area contributed by atoms with Gasteiger partial charge in [0.15, 0.2) is 0 Å². The average Bonchev–Trinajstić information content (AvgIpc) is 3.61. The molecule has 0 amide bonds. The fourth-order valence-corrected chi connectivity index (χ4v) is 4.50. The van der Waals surface area contributed by atoms with E-state index in [2.05, 4.69) is 73.9 Å². The highest BCUT2D eigenvalue weighted by atomic mass is 15.1. The number of allylic oxidation sites excluding steroid dienone is 1. The predicted octanol–water partition coefficient (Wildman–Crippen LogP) is 3.63. The second kappa shape index (κ2) is 10.4. The Hall–Kier alpha value is -4.30. The summed E-state index contributed by atoms with van der Waals surface area (Å²) in [6, 6.07) is 6.25. The molecule has 0 aromatic carbocycles. The van der Waals surface area contributed by atoms with Crippen LogP contribution in [0.4, 0.5) is 0 Å². The minimum atomic E-state index is 0.825. The van der Waals surface area contributed by atoms with Crippen molar-refractivity contribution in [1.29, 1.82) is 0 Å². The molecule has 0 radical (unpaired) electrons. The molecular formula is C29H32N8. The number of nitrogens with one attached hydrogen (secondary N) is 2. The first-order valence-corrected chi connectivity index (χ1v) is 12.4. The van der Waals surface area contributed by atoms with Gasteiger partial charge in [0.05, 0.1) is 22.3 Å². The van der Waals surface area contributed by atoms with Crippen molar-refractivity contribution in [3.05, 3.63) is 83.3 Å². The quantitative estimate of drug-likeness (QED) is 0.345. The fraction of sp³-hybridized carbons (Fsp3) is 0.241. The highest BCUT2D eigenvalue weighted by Crippen LogP contribution is 2.25. The highest BCUT2D eigenvalue weighted by molar-refractivity contribution is 5.92. The van der Waals surface area contributed by atoms with Crippen LogP contribution in [0.5, 0.6) is 0 Å². The minimum absolute atomic E-state index is 0.825. The van der Waals surface area contributed by atoms with Crippen LogP contribution >= 0.6 is 0 Å². The summed E-state index contributed by atoms with van der Waals surface area (Å²) in [5.41, 5.74) is 6.77. The lowest BCUT2D eigenvalue weighted by molar-refractivity contribution is 0.400. The van der Waals surface area contributed by atoms with E-state index in [9.17, 15) is 0 Å². The number of imidazole rings is 1. The zero-order chi connectivity index (χ0) is 25.9. The highest BCUT2D eigenvalue weighted by Gasteiger charge is 2.13. The molecule has 0 saturated carbocycles. The monoisotopic (exact) mass is 492 g/mol. The van der Waals surface area contributed by atoms with Gasteiger partial charge in [-0.05, 0) is 88.3 Å². The Balaban J connectivity index is 1.53. The van der Waals surface area contributed by atoms with Crippen molar-refractivity contribution >= 4 is 28.6 Å². The molecule has 0 fully saturated rings. The SMILES string of the molecule is C=C(/C=c1/c(-c2cc3c(-n4cnc(C)c4)nccc3[nH]2)n[nH]/c1=C/C)c1cncc(CCCN(C)C)c1. The molecule has 5 aromatic heterocycles. The predicted molar refractivity (Wildman–Crippen MR) is 150 cm³/mol. The van der Waals surface area contributed by atoms with Crippen LogP contribution in [0.3, 0.4) is 0 Å². The molecule has 5 rings (SSSR count). The molecule has 0 aliphatic rings. The van der Waals surface area contributed by atoms with E-state index in [0.29, 0.717) is 0 Å². The van der Waals surface area contributed by atoms with Crippen molar-refractivity contribution < 1.29 is 0 Å². The zero-order valence-electron chi connectivity index (χ0n) is 21.8. The Morgan fingerprint density at radius 2 is 2.05 bits per heavy atom. The van der Waals surface area contributed by atoms with Gasteiger partial charge in [-0.2, -0.15) is 5.10 Å². The van der Waals surface area contributed by atoms with E-state index in [4.69, 9.17) is 0 Å². The topological polar surface area (TPSA) is 91.3 Å². The maximum absolute atomic E-state index is 4.66. The molecule has 8 nitrogen and oxygen atoms in total. The summed E-state index contributed by atoms with van der Waals surface area (Å²) in [5, 5.41) is 10.7. The van der Waals surface area contributed by atoms with Crippen molar-refractivity contribution in [3.63, 3.8) is 0 Å². The summed E-state index contributed by atoms with van der Waals surface area (Å²) in [6.07, 6.45) is 15.6. The summed E-state index contributed by atoms with van der Waals surface area (Å²) < 4.78 is 1.94. The summed E-state index contributed by atoms with van der Waals surface area (Å²) >= 11 is 0. The number of fused-ring (bicyclic) bond motifs is 1. The Kier molecular flexibility index (Phi) is 6.83. The molecule has 0 spiro atoms. The standard InChI is InChI=1S/C29H32N8/c1-6-25-23(12-19(2)22-13-21(15-30-16-22)8-7-11-36(4)5)28(35-34-25)27-14-24-26(33-27)9-10-31-29(24)37-17-20(3)32-18-37/h6,9-10,12-18,33-34H,2,7-8,11H2,1,3-5H3/b23-12+,25-6+. The van der Waals surface area contributed by atoms with Gasteiger partial charge in [-0.15, -0.1) is 0 Å². The molecule has 5 heterocycles. The van der Waals surface area contributed by atoms with E-state index in [0.717, 1.165) is 74.9 Å². The number of H-pyrrole nitrogens is 2. The zero-order valence-corrected chi connectivity index (χ0v) is 21.8. The Morgan fingerprint density at radius 3 is 2.81 bits per heavy atom. The molecular weight excluding hydrogens is 460 g/mol. The van der Waals surface area contributed by atoms with Gasteiger partial charge in [-0.1, -0.05) is 12.7 Å². The van der Waals surface area contributed by atoms with E-state index in [1.54, 1.807) is 12.5 Å². The van der Waals surface area contributed by atoms with Crippen LogP contribution in [0.2, 0.25) is 0 Å². The third-order valence-electron chi connectivity index (χ3n) is 6.42. The summed E-state index contributed by atoms with van der Waals surface area (Å²) in [4.78, 5) is 19.2. The van der Waals surface area contributed by atoms with Gasteiger partial charge in [0.2, 0.25) is 0 Å². The van der Waals surface area contributed by atoms with Crippen molar-refractivity contribution in [2.75, 3.05) is 20.6 Å². The number of pyridine rings is 2. The third kappa shape index (κ3) is 5.15. The second-order valence-electron chi connectivity index (χ2n) is 9.55. The Morgan fingerprint density at radius 1 is 1.19 bits per heavy atom. The smallest absolute Gasteiger partial charge is 0.147 e. The van der Waals surface area contributed by atoms with Crippen molar-refractivity contribution in [2.24, 2.45) is 0 Å². The molecule has 2 N–H and O–H groups in total. The van der Waals surface area contributed by atoms with Crippen molar-refractivity contribution in [2.45, 2.75) is 26.7 Å². The van der Waals surface area contributed by atoms with Gasteiger partial charge < -0.3 is 9.88 Å². The Bertz CT molecular complexity index is 1680. The summed E-state index contributed by atoms with van der Waals surface area (Å²) in [5.74, 6) is 0.825. The molecule has 0 aliphatic heterocycles. The normalized spacial score (nSPS) is 12.8. The van der Waals surface area contributed by atoms with Gasteiger partial charge in [-0.25, -0.2) is 9.97 Å². The lowest BCUT2D eigenvalue weighted by atomic mass is 10.0. The maximum atomic E-state index is 4.66. The summed E-state index contributed by atoms with van der Waals surface area (Å²) in [6.45, 7) is 9.38. The maximum Gasteiger partial charge on any atom is 0.147 e. The fourth-order valence-electron chi connectivity index (χ4n) is 4.50. The first kappa shape index (κ1) is 24.4. The van der Waals surface area contributed by atoms with Gasteiger partial charge in [-0.3, -0.25) is 14.6 Å². The largest absolute Gasteiger partial charge is 0.353 e. The van der Waals surface area contributed by atoms with Gasteiger partial charge in [0.1, 0.15) is 17.8 Å². The van der Waals surface area contributed by atoms with E-state index in [1.165, 1.54) is 5.56 Å². The minimum Gasteiger partial charge on any atom is -0.353 e. The lowest BCUT2D eigenvalue weighted by Gasteiger charge is -2.09. The molecule has 0 aliphatic carbocycles. The number of hydrogen-bond donors (Lipinski definition) is 2. The molecule has 0 saturated heterocycles. The molecule has 0 atom stereocenters. The van der Waals surface area contributed by atoms with Crippen LogP contribution in [0.15, 0.2) is 55.9 Å². The number of aromatic nitrogens is 7. The molecule has 5 aromatic rings. The number of hydrogen-bond acceptors (Lipinski definition) is 5. The van der Waals surface area contributed by atoms with Gasteiger partial charge in [0, 0.05) is 35.4 Å². The number of aromatic amines is 2. The number of aryl methyl sites for hydroxylation is 2. The first-order valence-electron chi connectivity index (χ1n) is 12.4.